The summed E-state index contributed by atoms with van der Waals surface area (Å²) >= 11 is 0. The summed E-state index contributed by atoms with van der Waals surface area (Å²) < 4.78 is 16.6. The van der Waals surface area contributed by atoms with E-state index >= 15 is 0 Å². The van der Waals surface area contributed by atoms with Crippen molar-refractivity contribution in [3.63, 3.8) is 0 Å². The summed E-state index contributed by atoms with van der Waals surface area (Å²) in [5, 5.41) is 3.42. The number of ether oxygens (including phenoxy) is 1. The van der Waals surface area contributed by atoms with Gasteiger partial charge in [0.05, 0.1) is 0 Å². The molecule has 0 saturated carbocycles. The summed E-state index contributed by atoms with van der Waals surface area (Å²) in [6.07, 6.45) is 3.08. The standard InChI is InChI=1S/C11H25NO2S/c1-4-7-12-11(5-2)10-15(13)9-6-8-14-3/h11-12H,4-10H2,1-3H3. The number of hydrogen-bond acceptors (Lipinski definition) is 3. The summed E-state index contributed by atoms with van der Waals surface area (Å²) in [6.45, 7) is 6.02. The fourth-order valence-corrected chi connectivity index (χ4v) is 2.75. The van der Waals surface area contributed by atoms with Crippen LogP contribution in [0.3, 0.4) is 0 Å². The van der Waals surface area contributed by atoms with Crippen molar-refractivity contribution in [3.05, 3.63) is 0 Å². The van der Waals surface area contributed by atoms with Gasteiger partial charge in [0, 0.05) is 42.1 Å². The van der Waals surface area contributed by atoms with Gasteiger partial charge in [-0.2, -0.15) is 0 Å². The van der Waals surface area contributed by atoms with E-state index < -0.39 is 10.8 Å². The average molecular weight is 235 g/mol. The Morgan fingerprint density at radius 2 is 2.13 bits per heavy atom. The first kappa shape index (κ1) is 15.1. The lowest BCUT2D eigenvalue weighted by molar-refractivity contribution is 0.200. The van der Waals surface area contributed by atoms with Gasteiger partial charge in [-0.3, -0.25) is 4.21 Å². The lowest BCUT2D eigenvalue weighted by Gasteiger charge is -2.15. The first-order valence-electron chi connectivity index (χ1n) is 5.81. The van der Waals surface area contributed by atoms with Gasteiger partial charge in [-0.05, 0) is 25.8 Å². The second kappa shape index (κ2) is 10.6. The Labute approximate surface area is 96.4 Å². The normalized spacial score (nSPS) is 15.1. The molecule has 4 heteroatoms. The molecular formula is C11H25NO2S. The maximum Gasteiger partial charge on any atom is 0.0471 e. The Kier molecular flexibility index (Phi) is 10.6. The van der Waals surface area contributed by atoms with Gasteiger partial charge in [0.2, 0.25) is 0 Å². The van der Waals surface area contributed by atoms with Crippen LogP contribution in [-0.2, 0) is 15.5 Å². The first-order chi connectivity index (χ1) is 7.24. The highest BCUT2D eigenvalue weighted by atomic mass is 32.2. The third-order valence-corrected chi connectivity index (χ3v) is 3.80. The van der Waals surface area contributed by atoms with E-state index in [1.807, 2.05) is 0 Å². The minimum atomic E-state index is -0.697. The summed E-state index contributed by atoms with van der Waals surface area (Å²) in [7, 11) is 0.984. The van der Waals surface area contributed by atoms with Crippen LogP contribution in [0.15, 0.2) is 0 Å². The zero-order valence-corrected chi connectivity index (χ0v) is 11.1. The minimum absolute atomic E-state index is 0.410. The van der Waals surface area contributed by atoms with Gasteiger partial charge in [0.15, 0.2) is 0 Å². The van der Waals surface area contributed by atoms with E-state index in [4.69, 9.17) is 4.74 Å². The topological polar surface area (TPSA) is 38.3 Å². The van der Waals surface area contributed by atoms with Crippen molar-refractivity contribution in [2.75, 3.05) is 31.8 Å². The van der Waals surface area contributed by atoms with E-state index in [9.17, 15) is 4.21 Å². The van der Waals surface area contributed by atoms with E-state index in [1.165, 1.54) is 0 Å². The summed E-state index contributed by atoms with van der Waals surface area (Å²) in [5.74, 6) is 1.54. The zero-order chi connectivity index (χ0) is 11.5. The Morgan fingerprint density at radius 1 is 1.40 bits per heavy atom. The van der Waals surface area contributed by atoms with Crippen LogP contribution in [0, 0.1) is 0 Å². The van der Waals surface area contributed by atoms with Crippen LogP contribution in [0.5, 0.6) is 0 Å². The molecule has 0 fully saturated rings. The maximum absolute atomic E-state index is 11.7. The van der Waals surface area contributed by atoms with E-state index in [2.05, 4.69) is 19.2 Å². The predicted molar refractivity (Wildman–Crippen MR) is 66.7 cm³/mol. The molecule has 0 amide bonds. The Bertz CT molecular complexity index is 165. The van der Waals surface area contributed by atoms with Gasteiger partial charge in [0.1, 0.15) is 0 Å². The quantitative estimate of drug-likeness (QED) is 0.584. The SMILES string of the molecule is CCCNC(CC)CS(=O)CCCOC. The van der Waals surface area contributed by atoms with Crippen LogP contribution in [0.1, 0.15) is 33.1 Å². The second-order valence-electron chi connectivity index (χ2n) is 3.72. The van der Waals surface area contributed by atoms with Crippen molar-refractivity contribution in [3.8, 4) is 0 Å². The molecule has 2 atom stereocenters. The molecule has 0 aliphatic carbocycles. The molecule has 0 rings (SSSR count). The van der Waals surface area contributed by atoms with Crippen LogP contribution < -0.4 is 5.32 Å². The molecule has 92 valence electrons. The highest BCUT2D eigenvalue weighted by molar-refractivity contribution is 7.85. The Balaban J connectivity index is 3.60. The minimum Gasteiger partial charge on any atom is -0.385 e. The lowest BCUT2D eigenvalue weighted by Crippen LogP contribution is -2.34. The van der Waals surface area contributed by atoms with Crippen molar-refractivity contribution in [2.45, 2.75) is 39.2 Å². The molecule has 0 saturated heterocycles. The number of nitrogens with one attached hydrogen (secondary N) is 1. The van der Waals surface area contributed by atoms with E-state index in [0.29, 0.717) is 12.6 Å². The lowest BCUT2D eigenvalue weighted by atomic mass is 10.2. The molecule has 0 spiro atoms. The zero-order valence-electron chi connectivity index (χ0n) is 10.3. The molecule has 0 aromatic carbocycles. The van der Waals surface area contributed by atoms with Crippen molar-refractivity contribution < 1.29 is 8.95 Å². The molecule has 0 heterocycles. The van der Waals surface area contributed by atoms with Gasteiger partial charge in [-0.15, -0.1) is 0 Å². The molecule has 0 aromatic heterocycles. The fraction of sp³-hybridized carbons (Fsp3) is 1.00. The highest BCUT2D eigenvalue weighted by Crippen LogP contribution is 1.97. The third kappa shape index (κ3) is 9.03. The molecule has 0 aromatic rings. The summed E-state index contributed by atoms with van der Waals surface area (Å²) in [5.41, 5.74) is 0. The second-order valence-corrected chi connectivity index (χ2v) is 5.34. The Morgan fingerprint density at radius 3 is 2.67 bits per heavy atom. The fourth-order valence-electron chi connectivity index (χ4n) is 1.34. The van der Waals surface area contributed by atoms with Gasteiger partial charge >= 0.3 is 0 Å². The van der Waals surface area contributed by atoms with E-state index in [0.717, 1.165) is 37.3 Å². The Hall–Kier alpha value is 0.0700. The number of methoxy groups -OCH3 is 1. The van der Waals surface area contributed by atoms with Crippen molar-refractivity contribution >= 4 is 10.8 Å². The molecule has 15 heavy (non-hydrogen) atoms. The van der Waals surface area contributed by atoms with Crippen molar-refractivity contribution in [1.82, 2.24) is 5.32 Å². The molecule has 3 nitrogen and oxygen atoms in total. The molecule has 0 aliphatic rings. The monoisotopic (exact) mass is 235 g/mol. The maximum atomic E-state index is 11.7. The van der Waals surface area contributed by atoms with Crippen molar-refractivity contribution in [2.24, 2.45) is 0 Å². The smallest absolute Gasteiger partial charge is 0.0471 e. The molecule has 0 bridgehead atoms. The van der Waals surface area contributed by atoms with Gasteiger partial charge < -0.3 is 10.1 Å². The highest BCUT2D eigenvalue weighted by Gasteiger charge is 2.09. The van der Waals surface area contributed by atoms with E-state index in [1.54, 1.807) is 7.11 Å². The summed E-state index contributed by atoms with van der Waals surface area (Å²) in [4.78, 5) is 0. The van der Waals surface area contributed by atoms with Crippen molar-refractivity contribution in [1.29, 1.82) is 0 Å². The molecular weight excluding hydrogens is 210 g/mol. The van der Waals surface area contributed by atoms with Crippen LogP contribution in [0.25, 0.3) is 0 Å². The predicted octanol–water partition coefficient (Wildman–Crippen LogP) is 1.55. The number of hydrogen-bond donors (Lipinski definition) is 1. The largest absolute Gasteiger partial charge is 0.385 e. The average Bonchev–Trinajstić information content (AvgIpc) is 2.24. The van der Waals surface area contributed by atoms with Crippen LogP contribution in [0.2, 0.25) is 0 Å². The molecule has 0 radical (unpaired) electrons. The third-order valence-electron chi connectivity index (χ3n) is 2.28. The number of rotatable bonds is 10. The van der Waals surface area contributed by atoms with Gasteiger partial charge in [-0.25, -0.2) is 0 Å². The van der Waals surface area contributed by atoms with Crippen LogP contribution in [-0.4, -0.2) is 42.0 Å². The molecule has 0 aliphatic heterocycles. The first-order valence-corrected chi connectivity index (χ1v) is 7.30. The summed E-state index contributed by atoms with van der Waals surface area (Å²) in [6, 6.07) is 0.410. The molecule has 2 unspecified atom stereocenters. The van der Waals surface area contributed by atoms with Gasteiger partial charge in [0.25, 0.3) is 0 Å². The van der Waals surface area contributed by atoms with Crippen LogP contribution in [0.4, 0.5) is 0 Å². The van der Waals surface area contributed by atoms with Gasteiger partial charge in [-0.1, -0.05) is 13.8 Å². The molecule has 1 N–H and O–H groups in total. The van der Waals surface area contributed by atoms with E-state index in [-0.39, 0.29) is 0 Å². The van der Waals surface area contributed by atoms with Crippen LogP contribution >= 0.6 is 0 Å².